The van der Waals surface area contributed by atoms with Crippen LogP contribution in [-0.2, 0) is 27.5 Å². The van der Waals surface area contributed by atoms with Gasteiger partial charge in [-0.05, 0) is 41.8 Å². The number of rotatable bonds is 21. The topological polar surface area (TPSA) is 74.3 Å². The molecule has 7 heteroatoms. The van der Waals surface area contributed by atoms with E-state index in [1.54, 1.807) is 19.1 Å². The summed E-state index contributed by atoms with van der Waals surface area (Å²) in [7, 11) is 3.22. The Balaban J connectivity index is 1.90. The first-order valence-corrected chi connectivity index (χ1v) is 15.3. The minimum Gasteiger partial charge on any atom is -0.493 e. The molecule has 0 aliphatic heterocycles. The van der Waals surface area contributed by atoms with Gasteiger partial charge in [-0.1, -0.05) is 89.7 Å². The maximum Gasteiger partial charge on any atom is 0.302 e. The molecule has 0 aliphatic carbocycles. The lowest BCUT2D eigenvalue weighted by atomic mass is 10.1. The van der Waals surface area contributed by atoms with Crippen LogP contribution in [0.4, 0.5) is 5.69 Å². The van der Waals surface area contributed by atoms with E-state index in [0.29, 0.717) is 36.1 Å². The first kappa shape index (κ1) is 34.0. The molecule has 0 aromatic heterocycles. The second-order valence-corrected chi connectivity index (χ2v) is 10.6. The van der Waals surface area contributed by atoms with Crippen molar-refractivity contribution in [1.82, 2.24) is 0 Å². The second-order valence-electron chi connectivity index (χ2n) is 10.6. The van der Waals surface area contributed by atoms with Crippen LogP contribution in [-0.4, -0.2) is 32.7 Å². The summed E-state index contributed by atoms with van der Waals surface area (Å²) in [4.78, 5) is 25.5. The predicted molar refractivity (Wildman–Crippen MR) is 165 cm³/mol. The zero-order valence-corrected chi connectivity index (χ0v) is 26.0. The van der Waals surface area contributed by atoms with E-state index in [2.05, 4.69) is 6.92 Å². The highest BCUT2D eigenvalue weighted by molar-refractivity contribution is 5.91. The SMILES string of the molecule is CCCCCCCCCCCCCCOc1c(OC)cc(CN(C(C)=O)c2cccc(COC(C)=O)c2)cc1OC. The average Bonchev–Trinajstić information content (AvgIpc) is 2.97. The third kappa shape index (κ3) is 12.9. The molecule has 0 atom stereocenters. The van der Waals surface area contributed by atoms with Gasteiger partial charge in [-0.2, -0.15) is 0 Å². The van der Waals surface area contributed by atoms with Gasteiger partial charge in [-0.3, -0.25) is 9.59 Å². The van der Waals surface area contributed by atoms with E-state index in [-0.39, 0.29) is 18.5 Å². The number of ether oxygens (including phenoxy) is 4. The van der Waals surface area contributed by atoms with Crippen molar-refractivity contribution in [1.29, 1.82) is 0 Å². The second kappa shape index (κ2) is 19.8. The fourth-order valence-electron chi connectivity index (χ4n) is 4.85. The number of unbranched alkanes of at least 4 members (excludes halogenated alkanes) is 11. The largest absolute Gasteiger partial charge is 0.493 e. The van der Waals surface area contributed by atoms with Gasteiger partial charge >= 0.3 is 5.97 Å². The number of methoxy groups -OCH3 is 2. The first-order valence-electron chi connectivity index (χ1n) is 15.3. The Morgan fingerprint density at radius 2 is 1.29 bits per heavy atom. The van der Waals surface area contributed by atoms with Crippen molar-refractivity contribution in [3.05, 3.63) is 47.5 Å². The molecule has 2 aromatic carbocycles. The molecule has 0 N–H and O–H groups in total. The van der Waals surface area contributed by atoms with Crippen LogP contribution in [0.1, 0.15) is 109 Å². The van der Waals surface area contributed by atoms with Crippen molar-refractivity contribution in [3.8, 4) is 17.2 Å². The van der Waals surface area contributed by atoms with Crippen molar-refractivity contribution in [2.45, 2.75) is 111 Å². The van der Waals surface area contributed by atoms with E-state index in [9.17, 15) is 9.59 Å². The molecule has 0 saturated carbocycles. The molecule has 0 unspecified atom stereocenters. The van der Waals surface area contributed by atoms with Crippen LogP contribution < -0.4 is 19.1 Å². The van der Waals surface area contributed by atoms with Gasteiger partial charge < -0.3 is 23.8 Å². The Labute approximate surface area is 247 Å². The molecule has 0 spiro atoms. The number of amides is 1. The highest BCUT2D eigenvalue weighted by atomic mass is 16.5. The Morgan fingerprint density at radius 1 is 0.732 bits per heavy atom. The summed E-state index contributed by atoms with van der Waals surface area (Å²) < 4.78 is 22.6. The number of benzene rings is 2. The minimum absolute atomic E-state index is 0.111. The summed E-state index contributed by atoms with van der Waals surface area (Å²) in [6, 6.07) is 11.2. The maximum atomic E-state index is 12.6. The predicted octanol–water partition coefficient (Wildman–Crippen LogP) is 8.40. The molecular formula is C34H51NO6. The maximum absolute atomic E-state index is 12.6. The van der Waals surface area contributed by atoms with Gasteiger partial charge in [0.1, 0.15) is 6.61 Å². The van der Waals surface area contributed by atoms with Crippen LogP contribution in [0, 0.1) is 0 Å². The molecule has 0 heterocycles. The first-order chi connectivity index (χ1) is 19.9. The lowest BCUT2D eigenvalue weighted by molar-refractivity contribution is -0.142. The summed E-state index contributed by atoms with van der Waals surface area (Å²) in [5.41, 5.74) is 2.37. The monoisotopic (exact) mass is 569 g/mol. The van der Waals surface area contributed by atoms with Crippen molar-refractivity contribution in [2.75, 3.05) is 25.7 Å². The molecular weight excluding hydrogens is 518 g/mol. The Bertz CT molecular complexity index is 1030. The minimum atomic E-state index is -0.348. The summed E-state index contributed by atoms with van der Waals surface area (Å²) in [6.07, 6.45) is 15.5. The van der Waals surface area contributed by atoms with E-state index in [0.717, 1.165) is 24.0 Å². The van der Waals surface area contributed by atoms with Crippen LogP contribution in [0.5, 0.6) is 17.2 Å². The fourth-order valence-corrected chi connectivity index (χ4v) is 4.85. The zero-order valence-electron chi connectivity index (χ0n) is 26.0. The average molecular weight is 570 g/mol. The Hall–Kier alpha value is -3.22. The lowest BCUT2D eigenvalue weighted by Gasteiger charge is -2.23. The standard InChI is InChI=1S/C34H51NO6/c1-6-7-8-9-10-11-12-13-14-15-16-17-21-40-34-32(38-4)23-30(24-33(34)39-5)25-35(27(2)36)31-20-18-19-29(22-31)26-41-28(3)37/h18-20,22-24H,6-17,21,25-26H2,1-5H3. The molecule has 2 rings (SSSR count). The van der Waals surface area contributed by atoms with Gasteiger partial charge in [-0.15, -0.1) is 0 Å². The number of carbonyl (C=O) groups excluding carboxylic acids is 2. The molecule has 0 radical (unpaired) electrons. The Kier molecular flexibility index (Phi) is 16.4. The third-order valence-electron chi connectivity index (χ3n) is 7.15. The number of esters is 1. The quantitative estimate of drug-likeness (QED) is 0.111. The Morgan fingerprint density at radius 3 is 1.80 bits per heavy atom. The number of nitrogens with zero attached hydrogens (tertiary/aromatic N) is 1. The smallest absolute Gasteiger partial charge is 0.302 e. The zero-order chi connectivity index (χ0) is 29.9. The molecule has 0 saturated heterocycles. The van der Waals surface area contributed by atoms with Crippen molar-refractivity contribution >= 4 is 17.6 Å². The number of hydrogen-bond acceptors (Lipinski definition) is 6. The fraction of sp³-hybridized carbons (Fsp3) is 0.588. The summed E-state index contributed by atoms with van der Waals surface area (Å²) in [6.45, 7) is 6.23. The van der Waals surface area contributed by atoms with E-state index in [1.807, 2.05) is 36.4 Å². The van der Waals surface area contributed by atoms with Gasteiger partial charge in [0, 0.05) is 19.5 Å². The normalized spacial score (nSPS) is 10.8. The molecule has 7 nitrogen and oxygen atoms in total. The number of hydrogen-bond donors (Lipinski definition) is 0. The van der Waals surface area contributed by atoms with Crippen molar-refractivity contribution in [2.24, 2.45) is 0 Å². The van der Waals surface area contributed by atoms with Crippen molar-refractivity contribution < 1.29 is 28.5 Å². The van der Waals surface area contributed by atoms with Crippen molar-refractivity contribution in [3.63, 3.8) is 0 Å². The van der Waals surface area contributed by atoms with Crippen LogP contribution in [0.2, 0.25) is 0 Å². The third-order valence-corrected chi connectivity index (χ3v) is 7.15. The summed E-state index contributed by atoms with van der Waals surface area (Å²) in [5.74, 6) is 1.27. The van der Waals surface area contributed by atoms with Crippen LogP contribution in [0.15, 0.2) is 36.4 Å². The van der Waals surface area contributed by atoms with E-state index in [4.69, 9.17) is 18.9 Å². The molecule has 1 amide bonds. The van der Waals surface area contributed by atoms with Gasteiger partial charge in [0.15, 0.2) is 11.5 Å². The molecule has 228 valence electrons. The highest BCUT2D eigenvalue weighted by Crippen LogP contribution is 2.39. The van der Waals surface area contributed by atoms with E-state index in [1.165, 1.54) is 78.1 Å². The number of carbonyl (C=O) groups is 2. The summed E-state index contributed by atoms with van der Waals surface area (Å²) >= 11 is 0. The van der Waals surface area contributed by atoms with Crippen LogP contribution in [0.25, 0.3) is 0 Å². The molecule has 41 heavy (non-hydrogen) atoms. The molecule has 0 bridgehead atoms. The van der Waals surface area contributed by atoms with E-state index >= 15 is 0 Å². The molecule has 0 aliphatic rings. The van der Waals surface area contributed by atoms with E-state index < -0.39 is 0 Å². The van der Waals surface area contributed by atoms with Gasteiger partial charge in [-0.25, -0.2) is 0 Å². The lowest BCUT2D eigenvalue weighted by Crippen LogP contribution is -2.28. The van der Waals surface area contributed by atoms with Gasteiger partial charge in [0.2, 0.25) is 11.7 Å². The van der Waals surface area contributed by atoms with Crippen LogP contribution >= 0.6 is 0 Å². The van der Waals surface area contributed by atoms with Gasteiger partial charge in [0.25, 0.3) is 0 Å². The molecule has 2 aromatic rings. The number of anilines is 1. The van der Waals surface area contributed by atoms with Crippen LogP contribution in [0.3, 0.4) is 0 Å². The summed E-state index contributed by atoms with van der Waals surface area (Å²) in [5, 5.41) is 0. The highest BCUT2D eigenvalue weighted by Gasteiger charge is 2.18. The molecule has 0 fully saturated rings. The van der Waals surface area contributed by atoms with Gasteiger partial charge in [0.05, 0.1) is 27.4 Å².